The number of ether oxygens (including phenoxy) is 1. The fourth-order valence-corrected chi connectivity index (χ4v) is 3.25. The highest BCUT2D eigenvalue weighted by Gasteiger charge is 2.34. The van der Waals surface area contributed by atoms with E-state index in [1.807, 2.05) is 0 Å². The second kappa shape index (κ2) is 6.90. The number of anilines is 1. The number of fused-ring (bicyclic) bond motifs is 1. The quantitative estimate of drug-likeness (QED) is 0.813. The maximum Gasteiger partial charge on any atom is 0.573 e. The van der Waals surface area contributed by atoms with Crippen LogP contribution in [0, 0.1) is 11.3 Å². The van der Waals surface area contributed by atoms with E-state index < -0.39 is 12.3 Å². The molecule has 27 heavy (non-hydrogen) atoms. The van der Waals surface area contributed by atoms with Gasteiger partial charge in [-0.15, -0.1) is 13.2 Å². The number of nitrogens with zero attached hydrogens (tertiary/aromatic N) is 1. The molecule has 0 fully saturated rings. The smallest absolute Gasteiger partial charge is 0.406 e. The van der Waals surface area contributed by atoms with Gasteiger partial charge in [-0.05, 0) is 48.4 Å². The highest BCUT2D eigenvalue weighted by molar-refractivity contribution is 6.04. The monoisotopic (exact) mass is 382 g/mol. The van der Waals surface area contributed by atoms with Crippen molar-refractivity contribution in [2.45, 2.75) is 46.4 Å². The first kappa shape index (κ1) is 19.3. The number of hydrogen-bond donors (Lipinski definition) is 1. The zero-order valence-electron chi connectivity index (χ0n) is 15.3. The van der Waals surface area contributed by atoms with Crippen LogP contribution in [0.15, 0.2) is 28.8 Å². The van der Waals surface area contributed by atoms with E-state index in [9.17, 15) is 18.0 Å². The lowest BCUT2D eigenvalue weighted by Gasteiger charge is -2.33. The molecule has 1 N–H and O–H groups in total. The molecule has 3 rings (SSSR count). The van der Waals surface area contributed by atoms with Crippen LogP contribution in [0.1, 0.15) is 49.0 Å². The van der Waals surface area contributed by atoms with E-state index in [1.54, 1.807) is 0 Å². The van der Waals surface area contributed by atoms with Gasteiger partial charge in [0.2, 0.25) is 0 Å². The Labute approximate surface area is 154 Å². The molecule has 0 bridgehead atoms. The van der Waals surface area contributed by atoms with E-state index in [2.05, 4.69) is 36.0 Å². The SMILES string of the molecule is CC(C)(C)[C@@H]1CCc2onc(C(=O)Nc3ccc(OC(F)(F)F)cc3)c2C1. The molecule has 8 heteroatoms. The number of alkyl halides is 3. The zero-order chi connectivity index (χ0) is 19.8. The van der Waals surface area contributed by atoms with Crippen LogP contribution in [0.5, 0.6) is 5.75 Å². The third-order valence-corrected chi connectivity index (χ3v) is 4.83. The van der Waals surface area contributed by atoms with Gasteiger partial charge in [-0.3, -0.25) is 4.79 Å². The Morgan fingerprint density at radius 2 is 1.89 bits per heavy atom. The topological polar surface area (TPSA) is 64.4 Å². The van der Waals surface area contributed by atoms with Crippen LogP contribution >= 0.6 is 0 Å². The summed E-state index contributed by atoms with van der Waals surface area (Å²) in [6.45, 7) is 6.50. The minimum absolute atomic E-state index is 0.108. The van der Waals surface area contributed by atoms with Crippen LogP contribution < -0.4 is 10.1 Å². The largest absolute Gasteiger partial charge is 0.573 e. The Morgan fingerprint density at radius 3 is 2.48 bits per heavy atom. The molecule has 1 aliphatic rings. The molecule has 0 aliphatic heterocycles. The normalized spacial score (nSPS) is 17.3. The number of aromatic nitrogens is 1. The summed E-state index contributed by atoms with van der Waals surface area (Å²) in [7, 11) is 0. The van der Waals surface area contributed by atoms with Gasteiger partial charge in [-0.25, -0.2) is 0 Å². The average molecular weight is 382 g/mol. The van der Waals surface area contributed by atoms with Crippen LogP contribution in [0.4, 0.5) is 18.9 Å². The van der Waals surface area contributed by atoms with Crippen molar-refractivity contribution in [2.24, 2.45) is 11.3 Å². The summed E-state index contributed by atoms with van der Waals surface area (Å²) in [5.41, 5.74) is 1.50. The van der Waals surface area contributed by atoms with Gasteiger partial charge in [0.15, 0.2) is 5.69 Å². The Morgan fingerprint density at radius 1 is 1.22 bits per heavy atom. The number of carbonyl (C=O) groups excluding carboxylic acids is 1. The predicted octanol–water partition coefficient (Wildman–Crippen LogP) is 4.98. The van der Waals surface area contributed by atoms with Crippen molar-refractivity contribution >= 4 is 11.6 Å². The molecule has 0 radical (unpaired) electrons. The number of aryl methyl sites for hydroxylation is 1. The summed E-state index contributed by atoms with van der Waals surface area (Å²) in [4.78, 5) is 12.6. The second-order valence-corrected chi connectivity index (χ2v) is 7.76. The van der Waals surface area contributed by atoms with Gasteiger partial charge >= 0.3 is 6.36 Å². The number of rotatable bonds is 3. The Balaban J connectivity index is 1.72. The number of amides is 1. The third kappa shape index (κ3) is 4.61. The van der Waals surface area contributed by atoms with Crippen molar-refractivity contribution in [1.29, 1.82) is 0 Å². The van der Waals surface area contributed by atoms with Gasteiger partial charge in [0.25, 0.3) is 5.91 Å². The van der Waals surface area contributed by atoms with E-state index in [-0.39, 0.29) is 16.9 Å². The van der Waals surface area contributed by atoms with E-state index in [0.717, 1.165) is 36.3 Å². The number of nitrogens with one attached hydrogen (secondary N) is 1. The third-order valence-electron chi connectivity index (χ3n) is 4.83. The lowest BCUT2D eigenvalue weighted by molar-refractivity contribution is -0.274. The average Bonchev–Trinajstić information content (AvgIpc) is 2.97. The van der Waals surface area contributed by atoms with Crippen molar-refractivity contribution in [2.75, 3.05) is 5.32 Å². The van der Waals surface area contributed by atoms with Gasteiger partial charge in [-0.1, -0.05) is 25.9 Å². The minimum Gasteiger partial charge on any atom is -0.406 e. The molecule has 5 nitrogen and oxygen atoms in total. The Kier molecular flexibility index (Phi) is 4.92. The summed E-state index contributed by atoms with van der Waals surface area (Å²) >= 11 is 0. The van der Waals surface area contributed by atoms with Crippen molar-refractivity contribution < 1.29 is 27.2 Å². The van der Waals surface area contributed by atoms with E-state index in [1.165, 1.54) is 12.1 Å². The van der Waals surface area contributed by atoms with Gasteiger partial charge in [0.1, 0.15) is 11.5 Å². The summed E-state index contributed by atoms with van der Waals surface area (Å²) in [5, 5.41) is 6.56. The molecule has 1 aromatic carbocycles. The van der Waals surface area contributed by atoms with Gasteiger partial charge in [0.05, 0.1) is 0 Å². The molecule has 146 valence electrons. The van der Waals surface area contributed by atoms with Crippen LogP contribution in [-0.4, -0.2) is 17.4 Å². The van der Waals surface area contributed by atoms with Crippen LogP contribution in [0.3, 0.4) is 0 Å². The predicted molar refractivity (Wildman–Crippen MR) is 92.6 cm³/mol. The fraction of sp³-hybridized carbons (Fsp3) is 0.474. The molecule has 0 saturated carbocycles. The fourth-order valence-electron chi connectivity index (χ4n) is 3.25. The highest BCUT2D eigenvalue weighted by Crippen LogP contribution is 2.38. The Hall–Kier alpha value is -2.51. The second-order valence-electron chi connectivity index (χ2n) is 7.76. The summed E-state index contributed by atoms with van der Waals surface area (Å²) in [6.07, 6.45) is -2.33. The highest BCUT2D eigenvalue weighted by atomic mass is 19.4. The van der Waals surface area contributed by atoms with E-state index in [4.69, 9.17) is 4.52 Å². The molecule has 1 aromatic heterocycles. The molecule has 1 heterocycles. The van der Waals surface area contributed by atoms with Crippen LogP contribution in [0.25, 0.3) is 0 Å². The first-order chi connectivity index (χ1) is 12.5. The maximum absolute atomic E-state index is 12.6. The molecule has 0 saturated heterocycles. The lowest BCUT2D eigenvalue weighted by Crippen LogP contribution is -2.27. The zero-order valence-corrected chi connectivity index (χ0v) is 15.3. The van der Waals surface area contributed by atoms with E-state index in [0.29, 0.717) is 18.0 Å². The Bertz CT molecular complexity index is 820. The molecule has 1 amide bonds. The maximum atomic E-state index is 12.6. The number of halogens is 3. The van der Waals surface area contributed by atoms with Crippen molar-refractivity contribution in [3.8, 4) is 5.75 Å². The standard InChI is InChI=1S/C19H21F3N2O3/c1-18(2,3)11-4-9-15-14(10-11)16(24-27-15)17(25)23-12-5-7-13(8-6-12)26-19(20,21)22/h5-8,11H,4,9-10H2,1-3H3,(H,23,25)/t11-/m1/s1. The van der Waals surface area contributed by atoms with Gasteiger partial charge in [0, 0.05) is 17.7 Å². The number of benzene rings is 1. The van der Waals surface area contributed by atoms with Crippen LogP contribution in [-0.2, 0) is 12.8 Å². The van der Waals surface area contributed by atoms with Crippen molar-refractivity contribution in [3.05, 3.63) is 41.3 Å². The number of carbonyl (C=O) groups is 1. The van der Waals surface area contributed by atoms with Gasteiger partial charge in [-0.2, -0.15) is 0 Å². The molecule has 0 spiro atoms. The number of hydrogen-bond acceptors (Lipinski definition) is 4. The summed E-state index contributed by atoms with van der Waals surface area (Å²) < 4.78 is 45.7. The first-order valence-electron chi connectivity index (χ1n) is 8.67. The molecule has 2 aromatic rings. The molecule has 1 atom stereocenters. The molecular formula is C19H21F3N2O3. The molecule has 1 aliphatic carbocycles. The summed E-state index contributed by atoms with van der Waals surface area (Å²) in [6, 6.07) is 4.95. The summed E-state index contributed by atoms with van der Waals surface area (Å²) in [5.74, 6) is 0.343. The van der Waals surface area contributed by atoms with E-state index >= 15 is 0 Å². The molecular weight excluding hydrogens is 361 g/mol. The van der Waals surface area contributed by atoms with Gasteiger partial charge < -0.3 is 14.6 Å². The minimum atomic E-state index is -4.76. The first-order valence-corrected chi connectivity index (χ1v) is 8.67. The lowest BCUT2D eigenvalue weighted by atomic mass is 9.71. The van der Waals surface area contributed by atoms with Crippen LogP contribution in [0.2, 0.25) is 0 Å². The van der Waals surface area contributed by atoms with Crippen molar-refractivity contribution in [1.82, 2.24) is 5.16 Å². The van der Waals surface area contributed by atoms with Crippen molar-refractivity contribution in [3.63, 3.8) is 0 Å². The molecule has 0 unspecified atom stereocenters.